The smallest absolute Gasteiger partial charge is 0.397 e. The number of aliphatic hydroxyl groups excluding tert-OH is 1. The largest absolute Gasteiger partial charge is 0.573 e. The lowest BCUT2D eigenvalue weighted by Crippen LogP contribution is -2.19. The number of hydrogen-bond acceptors (Lipinski definition) is 5. The van der Waals surface area contributed by atoms with Crippen molar-refractivity contribution in [1.82, 2.24) is 4.98 Å². The molecule has 0 aliphatic rings. The molecule has 10 heteroatoms. The molecule has 0 unspecified atom stereocenters. The average molecular weight is 364 g/mol. The zero-order valence-electron chi connectivity index (χ0n) is 7.86. The molecule has 6 nitrogen and oxygen atoms in total. The summed E-state index contributed by atoms with van der Waals surface area (Å²) in [5.41, 5.74) is -1.48. The molecule has 1 aromatic rings. The van der Waals surface area contributed by atoms with Gasteiger partial charge in [0.2, 0.25) is 5.75 Å². The van der Waals surface area contributed by atoms with Gasteiger partial charge >= 0.3 is 12.0 Å². The van der Waals surface area contributed by atoms with Gasteiger partial charge in [-0.15, -0.1) is 13.2 Å². The summed E-state index contributed by atoms with van der Waals surface area (Å²) in [5, 5.41) is 19.4. The molecule has 17 heavy (non-hydrogen) atoms. The predicted octanol–water partition coefficient (Wildman–Crippen LogP) is 1.99. The molecule has 0 atom stereocenters. The van der Waals surface area contributed by atoms with Crippen LogP contribution in [0.25, 0.3) is 0 Å². The van der Waals surface area contributed by atoms with Crippen molar-refractivity contribution in [3.8, 4) is 5.75 Å². The van der Waals surface area contributed by atoms with Crippen LogP contribution in [-0.2, 0) is 6.61 Å². The van der Waals surface area contributed by atoms with Crippen molar-refractivity contribution in [3.05, 3.63) is 25.6 Å². The van der Waals surface area contributed by atoms with E-state index in [1.807, 2.05) is 0 Å². The SMILES string of the molecule is O=[N+]([O-])c1c(CO)ncc(I)c1OC(F)(F)F. The summed E-state index contributed by atoms with van der Waals surface area (Å²) in [6.45, 7) is -0.860. The zero-order chi connectivity index (χ0) is 13.2. The van der Waals surface area contributed by atoms with Gasteiger partial charge in [-0.05, 0) is 22.6 Å². The fraction of sp³-hybridized carbons (Fsp3) is 0.286. The third kappa shape index (κ3) is 3.39. The number of rotatable bonds is 3. The van der Waals surface area contributed by atoms with Crippen molar-refractivity contribution < 1.29 is 27.9 Å². The zero-order valence-corrected chi connectivity index (χ0v) is 10.0. The highest BCUT2D eigenvalue weighted by Gasteiger charge is 2.37. The van der Waals surface area contributed by atoms with Gasteiger partial charge in [0, 0.05) is 6.20 Å². The fourth-order valence-electron chi connectivity index (χ4n) is 1.02. The van der Waals surface area contributed by atoms with E-state index in [0.717, 1.165) is 6.20 Å². The molecular formula is C7H4F3IN2O4. The van der Waals surface area contributed by atoms with Crippen LogP contribution < -0.4 is 4.74 Å². The first kappa shape index (κ1) is 13.9. The van der Waals surface area contributed by atoms with Gasteiger partial charge in [-0.25, -0.2) is 0 Å². The Morgan fingerprint density at radius 3 is 2.59 bits per heavy atom. The number of nitrogens with zero attached hydrogens (tertiary/aromatic N) is 2. The van der Waals surface area contributed by atoms with Gasteiger partial charge in [-0.1, -0.05) is 0 Å². The fourth-order valence-corrected chi connectivity index (χ4v) is 1.52. The second kappa shape index (κ2) is 5.00. The summed E-state index contributed by atoms with van der Waals surface area (Å²) < 4.78 is 39.6. The van der Waals surface area contributed by atoms with E-state index in [1.165, 1.54) is 22.6 Å². The van der Waals surface area contributed by atoms with E-state index in [9.17, 15) is 23.3 Å². The highest BCUT2D eigenvalue weighted by molar-refractivity contribution is 14.1. The van der Waals surface area contributed by atoms with Gasteiger partial charge < -0.3 is 9.84 Å². The Hall–Kier alpha value is -1.17. The molecule has 0 saturated carbocycles. The lowest BCUT2D eigenvalue weighted by molar-refractivity contribution is -0.390. The van der Waals surface area contributed by atoms with Crippen LogP contribution in [0.3, 0.4) is 0 Å². The number of aromatic nitrogens is 1. The molecule has 0 aliphatic heterocycles. The molecule has 0 amide bonds. The molecule has 0 aromatic carbocycles. The van der Waals surface area contributed by atoms with Gasteiger partial charge in [0.25, 0.3) is 0 Å². The van der Waals surface area contributed by atoms with E-state index in [-0.39, 0.29) is 3.57 Å². The van der Waals surface area contributed by atoms with Gasteiger partial charge in [0.15, 0.2) is 0 Å². The first-order valence-electron chi connectivity index (χ1n) is 3.94. The molecule has 1 heterocycles. The maximum absolute atomic E-state index is 12.1. The van der Waals surface area contributed by atoms with E-state index >= 15 is 0 Å². The molecule has 0 radical (unpaired) electrons. The van der Waals surface area contributed by atoms with E-state index in [2.05, 4.69) is 9.72 Å². The number of aliphatic hydroxyl groups is 1. The minimum absolute atomic E-state index is 0.177. The van der Waals surface area contributed by atoms with Crippen LogP contribution >= 0.6 is 22.6 Å². The first-order valence-corrected chi connectivity index (χ1v) is 5.02. The lowest BCUT2D eigenvalue weighted by atomic mass is 10.3. The summed E-state index contributed by atoms with van der Waals surface area (Å²) >= 11 is 1.42. The summed E-state index contributed by atoms with van der Waals surface area (Å²) in [6.07, 6.45) is -4.11. The molecule has 0 bridgehead atoms. The summed E-state index contributed by atoms with van der Waals surface area (Å²) in [5.74, 6) is -0.970. The molecule has 1 N–H and O–H groups in total. The summed E-state index contributed by atoms with van der Waals surface area (Å²) in [6, 6.07) is 0. The molecule has 0 spiro atoms. The highest BCUT2D eigenvalue weighted by atomic mass is 127. The first-order chi connectivity index (χ1) is 7.76. The maximum atomic E-state index is 12.1. The third-order valence-electron chi connectivity index (χ3n) is 1.59. The van der Waals surface area contributed by atoms with Crippen molar-refractivity contribution in [1.29, 1.82) is 0 Å². The molecular weight excluding hydrogens is 360 g/mol. The quantitative estimate of drug-likeness (QED) is 0.504. The molecule has 1 rings (SSSR count). The van der Waals surface area contributed by atoms with Gasteiger partial charge in [0.1, 0.15) is 5.69 Å². The van der Waals surface area contributed by atoms with Crippen molar-refractivity contribution in [2.45, 2.75) is 13.0 Å². The monoisotopic (exact) mass is 364 g/mol. The van der Waals surface area contributed by atoms with Crippen LogP contribution in [-0.4, -0.2) is 21.4 Å². The normalized spacial score (nSPS) is 11.4. The summed E-state index contributed by atoms with van der Waals surface area (Å²) in [7, 11) is 0. The van der Waals surface area contributed by atoms with Crippen molar-refractivity contribution in [2.24, 2.45) is 0 Å². The van der Waals surface area contributed by atoms with Crippen LogP contribution in [0.5, 0.6) is 5.75 Å². The molecule has 0 fully saturated rings. The minimum atomic E-state index is -5.06. The van der Waals surface area contributed by atoms with Crippen molar-refractivity contribution in [2.75, 3.05) is 0 Å². The maximum Gasteiger partial charge on any atom is 0.573 e. The summed E-state index contributed by atoms with van der Waals surface area (Å²) in [4.78, 5) is 13.0. The predicted molar refractivity (Wildman–Crippen MR) is 56.2 cm³/mol. The second-order valence-electron chi connectivity index (χ2n) is 2.69. The third-order valence-corrected chi connectivity index (χ3v) is 2.36. The van der Waals surface area contributed by atoms with E-state index < -0.39 is 35.0 Å². The molecule has 1 aromatic heterocycles. The van der Waals surface area contributed by atoms with E-state index in [1.54, 1.807) is 0 Å². The van der Waals surface area contributed by atoms with Crippen LogP contribution in [0, 0.1) is 13.7 Å². The lowest BCUT2D eigenvalue weighted by Gasteiger charge is -2.11. The topological polar surface area (TPSA) is 85.5 Å². The van der Waals surface area contributed by atoms with Crippen molar-refractivity contribution >= 4 is 28.3 Å². The highest BCUT2D eigenvalue weighted by Crippen LogP contribution is 2.37. The number of ether oxygens (including phenoxy) is 1. The Morgan fingerprint density at radius 1 is 1.59 bits per heavy atom. The van der Waals surface area contributed by atoms with Gasteiger partial charge in [-0.2, -0.15) is 0 Å². The number of nitro groups is 1. The Bertz CT molecular complexity index is 451. The molecule has 0 saturated heterocycles. The van der Waals surface area contributed by atoms with E-state index in [0.29, 0.717) is 0 Å². The van der Waals surface area contributed by atoms with Crippen LogP contribution in [0.4, 0.5) is 18.9 Å². The Labute approximate surface area is 106 Å². The Kier molecular flexibility index (Phi) is 4.08. The average Bonchev–Trinajstić information content (AvgIpc) is 2.18. The number of halogens is 4. The molecule has 94 valence electrons. The van der Waals surface area contributed by atoms with Gasteiger partial charge in [-0.3, -0.25) is 15.1 Å². The standard InChI is InChI=1S/C7H4F3IN2O4/c8-7(9,10)17-6-3(11)1-12-4(2-14)5(6)13(15)16/h1,14H,2H2. The van der Waals surface area contributed by atoms with Crippen LogP contribution in [0.15, 0.2) is 6.20 Å². The minimum Gasteiger partial charge on any atom is -0.397 e. The Morgan fingerprint density at radius 2 is 2.18 bits per heavy atom. The number of pyridine rings is 1. The van der Waals surface area contributed by atoms with Gasteiger partial charge in [0.05, 0.1) is 15.1 Å². The molecule has 0 aliphatic carbocycles. The Balaban J connectivity index is 3.39. The second-order valence-corrected chi connectivity index (χ2v) is 3.86. The van der Waals surface area contributed by atoms with Crippen LogP contribution in [0.1, 0.15) is 5.69 Å². The van der Waals surface area contributed by atoms with Crippen molar-refractivity contribution in [3.63, 3.8) is 0 Å². The number of alkyl halides is 3. The number of hydrogen-bond donors (Lipinski definition) is 1. The van der Waals surface area contributed by atoms with Crippen LogP contribution in [0.2, 0.25) is 0 Å². The van der Waals surface area contributed by atoms with E-state index in [4.69, 9.17) is 5.11 Å².